The first-order chi connectivity index (χ1) is 10.6. The predicted molar refractivity (Wildman–Crippen MR) is 83.3 cm³/mol. The second kappa shape index (κ2) is 6.57. The van der Waals surface area contributed by atoms with Crippen molar-refractivity contribution in [2.24, 2.45) is 5.92 Å². The maximum atomic E-state index is 12.9. The fourth-order valence-electron chi connectivity index (χ4n) is 4.24. The van der Waals surface area contributed by atoms with Crippen LogP contribution in [-0.2, 0) is 14.3 Å². The van der Waals surface area contributed by atoms with E-state index in [4.69, 9.17) is 4.74 Å². The lowest BCUT2D eigenvalue weighted by molar-refractivity contribution is -0.156. The fourth-order valence-corrected chi connectivity index (χ4v) is 4.24. The van der Waals surface area contributed by atoms with E-state index in [1.54, 1.807) is 0 Å². The van der Waals surface area contributed by atoms with Gasteiger partial charge in [0.1, 0.15) is 0 Å². The van der Waals surface area contributed by atoms with Gasteiger partial charge >= 0.3 is 0 Å². The highest BCUT2D eigenvalue weighted by molar-refractivity contribution is 5.81. The average molecular weight is 308 g/mol. The molecule has 0 aromatic heterocycles. The molecule has 3 aliphatic rings. The van der Waals surface area contributed by atoms with Crippen molar-refractivity contribution >= 4 is 11.8 Å². The standard InChI is InChI=1S/C17H28N2O3/c1-2-15(20)18-9-5-6-14(12-18)16(21)19-10-11-22-17(13-19)7-3-4-8-17/h14H,2-13H2,1H3. The summed E-state index contributed by atoms with van der Waals surface area (Å²) in [4.78, 5) is 28.7. The number of rotatable bonds is 2. The lowest BCUT2D eigenvalue weighted by Crippen LogP contribution is -2.55. The van der Waals surface area contributed by atoms with E-state index in [0.717, 1.165) is 38.8 Å². The lowest BCUT2D eigenvalue weighted by Gasteiger charge is -2.43. The van der Waals surface area contributed by atoms with Gasteiger partial charge in [-0.1, -0.05) is 19.8 Å². The first-order valence-electron chi connectivity index (χ1n) is 8.84. The number of piperidine rings is 1. The van der Waals surface area contributed by atoms with Crippen molar-refractivity contribution in [2.45, 2.75) is 57.5 Å². The van der Waals surface area contributed by atoms with Gasteiger partial charge in [-0.05, 0) is 25.7 Å². The van der Waals surface area contributed by atoms with Gasteiger partial charge in [-0.15, -0.1) is 0 Å². The third-order valence-electron chi connectivity index (χ3n) is 5.50. The van der Waals surface area contributed by atoms with E-state index in [-0.39, 0.29) is 23.3 Å². The second-order valence-electron chi connectivity index (χ2n) is 7.03. The van der Waals surface area contributed by atoms with Crippen LogP contribution in [-0.4, -0.2) is 60.0 Å². The summed E-state index contributed by atoms with van der Waals surface area (Å²) in [5.74, 6) is 0.399. The summed E-state index contributed by atoms with van der Waals surface area (Å²) >= 11 is 0. The summed E-state index contributed by atoms with van der Waals surface area (Å²) in [6.45, 7) is 5.43. The van der Waals surface area contributed by atoms with Crippen molar-refractivity contribution in [1.29, 1.82) is 0 Å². The van der Waals surface area contributed by atoms with Gasteiger partial charge in [-0.25, -0.2) is 0 Å². The Kier molecular flexibility index (Phi) is 4.71. The smallest absolute Gasteiger partial charge is 0.227 e. The number of hydrogen-bond acceptors (Lipinski definition) is 3. The summed E-state index contributed by atoms with van der Waals surface area (Å²) < 4.78 is 6.01. The minimum atomic E-state index is -0.0680. The molecule has 0 N–H and O–H groups in total. The molecule has 3 fully saturated rings. The largest absolute Gasteiger partial charge is 0.371 e. The Morgan fingerprint density at radius 1 is 1.14 bits per heavy atom. The Labute approximate surface area is 133 Å². The third kappa shape index (κ3) is 3.14. The van der Waals surface area contributed by atoms with Crippen LogP contribution in [0.2, 0.25) is 0 Å². The van der Waals surface area contributed by atoms with E-state index in [9.17, 15) is 9.59 Å². The molecule has 0 radical (unpaired) electrons. The quantitative estimate of drug-likeness (QED) is 0.782. The zero-order valence-electron chi connectivity index (χ0n) is 13.7. The number of hydrogen-bond donors (Lipinski definition) is 0. The lowest BCUT2D eigenvalue weighted by atomic mass is 9.94. The molecule has 2 aliphatic heterocycles. The normalized spacial score (nSPS) is 28.1. The Balaban J connectivity index is 1.61. The highest BCUT2D eigenvalue weighted by Gasteiger charge is 2.42. The van der Waals surface area contributed by atoms with Gasteiger partial charge in [-0.3, -0.25) is 9.59 Å². The Morgan fingerprint density at radius 2 is 1.91 bits per heavy atom. The molecule has 22 heavy (non-hydrogen) atoms. The fraction of sp³-hybridized carbons (Fsp3) is 0.882. The summed E-state index contributed by atoms with van der Waals surface area (Å²) in [6, 6.07) is 0. The van der Waals surface area contributed by atoms with Gasteiger partial charge in [0, 0.05) is 32.6 Å². The number of amides is 2. The van der Waals surface area contributed by atoms with Crippen molar-refractivity contribution in [3.63, 3.8) is 0 Å². The molecule has 5 heteroatoms. The molecular weight excluding hydrogens is 280 g/mol. The molecule has 3 rings (SSSR count). The van der Waals surface area contributed by atoms with Crippen LogP contribution in [0, 0.1) is 5.92 Å². The summed E-state index contributed by atoms with van der Waals surface area (Å²) in [6.07, 6.45) is 6.98. The number of likely N-dealkylation sites (tertiary alicyclic amines) is 1. The number of carbonyl (C=O) groups is 2. The summed E-state index contributed by atoms with van der Waals surface area (Å²) in [7, 11) is 0. The van der Waals surface area contributed by atoms with Crippen molar-refractivity contribution in [3.8, 4) is 0 Å². The van der Waals surface area contributed by atoms with E-state index in [1.165, 1.54) is 12.8 Å². The second-order valence-corrected chi connectivity index (χ2v) is 7.03. The van der Waals surface area contributed by atoms with Gasteiger partial charge in [-0.2, -0.15) is 0 Å². The van der Waals surface area contributed by atoms with Gasteiger partial charge in [0.05, 0.1) is 18.1 Å². The molecule has 1 saturated carbocycles. The number of nitrogens with zero attached hydrogens (tertiary/aromatic N) is 2. The van der Waals surface area contributed by atoms with Gasteiger partial charge in [0.2, 0.25) is 11.8 Å². The minimum Gasteiger partial charge on any atom is -0.371 e. The number of morpholine rings is 1. The van der Waals surface area contributed by atoms with E-state index >= 15 is 0 Å². The van der Waals surface area contributed by atoms with Crippen LogP contribution in [0.3, 0.4) is 0 Å². The zero-order chi connectivity index (χ0) is 15.6. The minimum absolute atomic E-state index is 0.0131. The molecule has 2 saturated heterocycles. The highest BCUT2D eigenvalue weighted by atomic mass is 16.5. The number of ether oxygens (including phenoxy) is 1. The molecule has 2 heterocycles. The van der Waals surface area contributed by atoms with Crippen molar-refractivity contribution in [3.05, 3.63) is 0 Å². The van der Waals surface area contributed by atoms with Crippen molar-refractivity contribution < 1.29 is 14.3 Å². The van der Waals surface area contributed by atoms with Crippen LogP contribution in [0.15, 0.2) is 0 Å². The monoisotopic (exact) mass is 308 g/mol. The van der Waals surface area contributed by atoms with E-state index < -0.39 is 0 Å². The Bertz CT molecular complexity index is 432. The van der Waals surface area contributed by atoms with E-state index in [1.807, 2.05) is 16.7 Å². The maximum absolute atomic E-state index is 12.9. The van der Waals surface area contributed by atoms with Crippen LogP contribution < -0.4 is 0 Å². The molecule has 1 atom stereocenters. The zero-order valence-corrected chi connectivity index (χ0v) is 13.7. The van der Waals surface area contributed by atoms with Gasteiger partial charge in [0.15, 0.2) is 0 Å². The molecule has 0 aromatic carbocycles. The predicted octanol–water partition coefficient (Wildman–Crippen LogP) is 1.81. The molecule has 1 unspecified atom stereocenters. The van der Waals surface area contributed by atoms with Gasteiger partial charge in [0.25, 0.3) is 0 Å². The highest BCUT2D eigenvalue weighted by Crippen LogP contribution is 2.36. The van der Waals surface area contributed by atoms with Crippen LogP contribution in [0.5, 0.6) is 0 Å². The Hall–Kier alpha value is -1.10. The molecule has 2 amide bonds. The van der Waals surface area contributed by atoms with Crippen molar-refractivity contribution in [2.75, 3.05) is 32.8 Å². The first-order valence-corrected chi connectivity index (χ1v) is 8.84. The maximum Gasteiger partial charge on any atom is 0.227 e. The molecular formula is C17H28N2O3. The SMILES string of the molecule is CCC(=O)N1CCCC(C(=O)N2CCOC3(CCCC3)C2)C1. The molecule has 1 aliphatic carbocycles. The topological polar surface area (TPSA) is 49.9 Å². The molecule has 1 spiro atoms. The molecule has 0 aromatic rings. The molecule has 124 valence electrons. The number of carbonyl (C=O) groups excluding carboxylic acids is 2. The average Bonchev–Trinajstić information content (AvgIpc) is 3.01. The molecule has 5 nitrogen and oxygen atoms in total. The summed E-state index contributed by atoms with van der Waals surface area (Å²) in [5, 5.41) is 0. The van der Waals surface area contributed by atoms with Gasteiger partial charge < -0.3 is 14.5 Å². The van der Waals surface area contributed by atoms with Crippen molar-refractivity contribution in [1.82, 2.24) is 9.80 Å². The van der Waals surface area contributed by atoms with E-state index in [2.05, 4.69) is 0 Å². The first kappa shape index (κ1) is 15.8. The van der Waals surface area contributed by atoms with E-state index in [0.29, 0.717) is 26.1 Å². The van der Waals surface area contributed by atoms with Crippen LogP contribution in [0.25, 0.3) is 0 Å². The van der Waals surface area contributed by atoms with Crippen LogP contribution in [0.4, 0.5) is 0 Å². The Morgan fingerprint density at radius 3 is 2.64 bits per heavy atom. The molecule has 0 bridgehead atoms. The summed E-state index contributed by atoms with van der Waals surface area (Å²) in [5.41, 5.74) is -0.0680. The van der Waals surface area contributed by atoms with Crippen LogP contribution in [0.1, 0.15) is 51.9 Å². The van der Waals surface area contributed by atoms with Crippen LogP contribution >= 0.6 is 0 Å². The third-order valence-corrected chi connectivity index (χ3v) is 5.50.